The van der Waals surface area contributed by atoms with E-state index in [1.807, 2.05) is 78.0 Å². The molecule has 8 heteroatoms. The Morgan fingerprint density at radius 2 is 1.74 bits per heavy atom. The minimum atomic E-state index is -0.221. The lowest BCUT2D eigenvalue weighted by Gasteiger charge is -2.35. The molecule has 0 spiro atoms. The first-order chi connectivity index (χ1) is 16.9. The molecule has 35 heavy (non-hydrogen) atoms. The lowest BCUT2D eigenvalue weighted by Crippen LogP contribution is -2.48. The Hall–Kier alpha value is -3.42. The Morgan fingerprint density at radius 1 is 1.00 bits per heavy atom. The van der Waals surface area contributed by atoms with Crippen molar-refractivity contribution < 1.29 is 4.79 Å². The van der Waals surface area contributed by atoms with Crippen molar-refractivity contribution in [3.8, 4) is 16.9 Å². The standard InChI is InChI=1S/C27H28ClN5O2/c1-19(2)32-17-23(25-24(18-32)27(35)33(29-25)22-9-4-3-5-10-22)26(34)31-13-11-30(12-14-31)16-20-7-6-8-21(28)15-20/h3-10,15,17-19H,11-14,16H2,1-2H3. The molecule has 0 N–H and O–H groups in total. The van der Waals surface area contributed by atoms with Crippen LogP contribution in [0, 0.1) is 0 Å². The molecular weight excluding hydrogens is 462 g/mol. The van der Waals surface area contributed by atoms with Gasteiger partial charge < -0.3 is 9.47 Å². The summed E-state index contributed by atoms with van der Waals surface area (Å²) in [6.07, 6.45) is 3.63. The summed E-state index contributed by atoms with van der Waals surface area (Å²) in [5, 5.41) is 5.33. The maximum absolute atomic E-state index is 13.7. The molecule has 0 radical (unpaired) electrons. The summed E-state index contributed by atoms with van der Waals surface area (Å²) < 4.78 is 3.30. The second-order valence-electron chi connectivity index (χ2n) is 9.23. The van der Waals surface area contributed by atoms with Crippen LogP contribution in [0.5, 0.6) is 0 Å². The fourth-order valence-electron chi connectivity index (χ4n) is 4.50. The summed E-state index contributed by atoms with van der Waals surface area (Å²) >= 11 is 6.13. The van der Waals surface area contributed by atoms with Crippen LogP contribution < -0.4 is 5.56 Å². The van der Waals surface area contributed by atoms with Crippen LogP contribution in [-0.2, 0) is 6.54 Å². The highest BCUT2D eigenvalue weighted by Gasteiger charge is 2.29. The summed E-state index contributed by atoms with van der Waals surface area (Å²) in [5.74, 6) is -0.0925. The molecule has 0 atom stereocenters. The Morgan fingerprint density at radius 3 is 2.43 bits per heavy atom. The van der Waals surface area contributed by atoms with Gasteiger partial charge in [-0.05, 0) is 43.7 Å². The maximum atomic E-state index is 13.7. The molecule has 3 heterocycles. The highest BCUT2D eigenvalue weighted by molar-refractivity contribution is 6.30. The second kappa shape index (κ2) is 9.68. The smallest absolute Gasteiger partial charge is 0.282 e. The predicted molar refractivity (Wildman–Crippen MR) is 137 cm³/mol. The van der Waals surface area contributed by atoms with Crippen LogP contribution in [0.3, 0.4) is 0 Å². The number of halogens is 1. The van der Waals surface area contributed by atoms with E-state index in [-0.39, 0.29) is 17.5 Å². The molecule has 2 aromatic carbocycles. The molecule has 7 nitrogen and oxygen atoms in total. The van der Waals surface area contributed by atoms with Gasteiger partial charge in [0.15, 0.2) is 0 Å². The number of hydrogen-bond donors (Lipinski definition) is 0. The summed E-state index contributed by atoms with van der Waals surface area (Å²) in [5.41, 5.74) is 2.98. The molecular formula is C27H28ClN5O2. The molecule has 5 rings (SSSR count). The zero-order valence-corrected chi connectivity index (χ0v) is 20.7. The van der Waals surface area contributed by atoms with E-state index in [1.165, 1.54) is 4.68 Å². The molecule has 1 fully saturated rings. The van der Waals surface area contributed by atoms with Crippen molar-refractivity contribution in [2.75, 3.05) is 26.2 Å². The van der Waals surface area contributed by atoms with Gasteiger partial charge in [-0.2, -0.15) is 9.78 Å². The van der Waals surface area contributed by atoms with Crippen molar-refractivity contribution in [3.05, 3.63) is 93.5 Å². The van der Waals surface area contributed by atoms with Crippen LogP contribution in [0.25, 0.3) is 16.9 Å². The van der Waals surface area contributed by atoms with Gasteiger partial charge in [-0.1, -0.05) is 41.9 Å². The van der Waals surface area contributed by atoms with E-state index in [9.17, 15) is 9.59 Å². The topological polar surface area (TPSA) is 63.4 Å². The normalized spacial score (nSPS) is 14.7. The monoisotopic (exact) mass is 489 g/mol. The molecule has 0 unspecified atom stereocenters. The van der Waals surface area contributed by atoms with Crippen molar-refractivity contribution >= 4 is 17.5 Å². The molecule has 0 aromatic heterocycles. The van der Waals surface area contributed by atoms with E-state index in [0.29, 0.717) is 35.6 Å². The minimum Gasteiger partial charge on any atom is -0.350 e. The summed E-state index contributed by atoms with van der Waals surface area (Å²) in [6, 6.07) is 17.3. The minimum absolute atomic E-state index is 0.0925. The van der Waals surface area contributed by atoms with Crippen molar-refractivity contribution in [1.29, 1.82) is 0 Å². The Balaban J connectivity index is 1.41. The molecule has 3 aliphatic rings. The number of para-hydroxylation sites is 1. The number of aromatic nitrogens is 3. The SMILES string of the molecule is CC(C)n1cc(C(=O)N2CCN(Cc3cccc(Cl)c3)CC2)c2nn(-c3ccccc3)c(=O)c-2c1. The van der Waals surface area contributed by atoms with Gasteiger partial charge in [-0.3, -0.25) is 14.5 Å². The molecule has 2 aromatic rings. The number of piperazine rings is 1. The Labute approximate surface area is 209 Å². The second-order valence-corrected chi connectivity index (χ2v) is 9.66. The Bertz CT molecular complexity index is 1370. The van der Waals surface area contributed by atoms with Crippen LogP contribution in [-0.4, -0.2) is 56.2 Å². The Kier molecular flexibility index (Phi) is 6.45. The van der Waals surface area contributed by atoms with Gasteiger partial charge in [0, 0.05) is 56.2 Å². The van der Waals surface area contributed by atoms with Gasteiger partial charge in [0.05, 0.1) is 16.8 Å². The highest BCUT2D eigenvalue weighted by atomic mass is 35.5. The number of benzene rings is 2. The first-order valence-corrected chi connectivity index (χ1v) is 12.2. The van der Waals surface area contributed by atoms with Gasteiger partial charge in [0.1, 0.15) is 5.69 Å². The van der Waals surface area contributed by atoms with Gasteiger partial charge >= 0.3 is 0 Å². The summed E-state index contributed by atoms with van der Waals surface area (Å²) in [7, 11) is 0. The number of nitrogens with zero attached hydrogens (tertiary/aromatic N) is 5. The van der Waals surface area contributed by atoms with Gasteiger partial charge in [0.25, 0.3) is 11.5 Å². The summed E-state index contributed by atoms with van der Waals surface area (Å²) in [4.78, 5) is 31.1. The number of carbonyl (C=O) groups is 1. The fourth-order valence-corrected chi connectivity index (χ4v) is 4.71. The predicted octanol–water partition coefficient (Wildman–Crippen LogP) is 4.33. The molecule has 3 aliphatic heterocycles. The third-order valence-electron chi connectivity index (χ3n) is 6.47. The quantitative estimate of drug-likeness (QED) is 0.418. The molecule has 0 aliphatic carbocycles. The molecule has 1 amide bonds. The molecule has 1 saturated heterocycles. The van der Waals surface area contributed by atoms with Crippen molar-refractivity contribution in [2.24, 2.45) is 0 Å². The van der Waals surface area contributed by atoms with E-state index in [1.54, 1.807) is 6.20 Å². The number of amides is 1. The van der Waals surface area contributed by atoms with E-state index < -0.39 is 0 Å². The van der Waals surface area contributed by atoms with Crippen molar-refractivity contribution in [2.45, 2.75) is 26.4 Å². The third-order valence-corrected chi connectivity index (χ3v) is 6.71. The van der Waals surface area contributed by atoms with Gasteiger partial charge in [-0.25, -0.2) is 0 Å². The van der Waals surface area contributed by atoms with Crippen LogP contribution in [0.4, 0.5) is 0 Å². The van der Waals surface area contributed by atoms with Crippen molar-refractivity contribution in [1.82, 2.24) is 24.1 Å². The largest absolute Gasteiger partial charge is 0.350 e. The number of hydrogen-bond acceptors (Lipinski definition) is 4. The number of carbonyl (C=O) groups excluding carboxylic acids is 1. The lowest BCUT2D eigenvalue weighted by molar-refractivity contribution is 0.0628. The first kappa shape index (κ1) is 23.3. The molecule has 0 bridgehead atoms. The van der Waals surface area contributed by atoms with Crippen LogP contribution in [0.15, 0.2) is 71.8 Å². The van der Waals surface area contributed by atoms with E-state index in [4.69, 9.17) is 11.6 Å². The average molecular weight is 490 g/mol. The average Bonchev–Trinajstić information content (AvgIpc) is 3.20. The van der Waals surface area contributed by atoms with Crippen LogP contribution in [0.1, 0.15) is 35.8 Å². The van der Waals surface area contributed by atoms with E-state index in [2.05, 4.69) is 16.1 Å². The van der Waals surface area contributed by atoms with Gasteiger partial charge in [0.2, 0.25) is 0 Å². The first-order valence-electron chi connectivity index (χ1n) is 11.9. The van der Waals surface area contributed by atoms with E-state index in [0.717, 1.165) is 30.2 Å². The maximum Gasteiger partial charge on any atom is 0.282 e. The molecule has 180 valence electrons. The van der Waals surface area contributed by atoms with Gasteiger partial charge in [-0.15, -0.1) is 0 Å². The van der Waals surface area contributed by atoms with Crippen LogP contribution >= 0.6 is 11.6 Å². The molecule has 0 saturated carbocycles. The number of pyridine rings is 1. The zero-order valence-electron chi connectivity index (χ0n) is 19.9. The zero-order chi connectivity index (χ0) is 24.5. The fraction of sp³-hybridized carbons (Fsp3) is 0.296. The van der Waals surface area contributed by atoms with Crippen molar-refractivity contribution in [3.63, 3.8) is 0 Å². The van der Waals surface area contributed by atoms with Crippen LogP contribution in [0.2, 0.25) is 5.02 Å². The highest BCUT2D eigenvalue weighted by Crippen LogP contribution is 2.26. The number of fused-ring (bicyclic) bond motifs is 1. The third kappa shape index (κ3) is 4.74. The lowest BCUT2D eigenvalue weighted by atomic mass is 10.1. The summed E-state index contributed by atoms with van der Waals surface area (Å²) in [6.45, 7) is 7.61. The van der Waals surface area contributed by atoms with E-state index >= 15 is 0 Å². The number of rotatable bonds is 5.